The second-order valence-corrected chi connectivity index (χ2v) is 6.36. The van der Waals surface area contributed by atoms with Crippen LogP contribution in [0.15, 0.2) is 34.3 Å². The molecule has 0 fully saturated rings. The summed E-state index contributed by atoms with van der Waals surface area (Å²) in [5, 5.41) is 0. The summed E-state index contributed by atoms with van der Waals surface area (Å²) in [6, 6.07) is 5.88. The molecule has 0 bridgehead atoms. The second-order valence-electron chi connectivity index (χ2n) is 4.28. The first kappa shape index (κ1) is 13.3. The maximum Gasteiger partial charge on any atom is 0.189 e. The van der Waals surface area contributed by atoms with Crippen LogP contribution in [0.1, 0.15) is 42.5 Å². The van der Waals surface area contributed by atoms with E-state index in [1.807, 2.05) is 18.2 Å². The normalized spacial score (nSPS) is 16.2. The van der Waals surface area contributed by atoms with E-state index in [4.69, 9.17) is 0 Å². The minimum absolute atomic E-state index is 0.206. The minimum Gasteiger partial charge on any atom is -0.289 e. The zero-order valence-electron chi connectivity index (χ0n) is 9.51. The molecule has 0 saturated carbocycles. The lowest BCUT2D eigenvalue weighted by atomic mass is 10.00. The lowest BCUT2D eigenvalue weighted by Gasteiger charge is -2.07. The Hall–Kier alpha value is -0.160. The van der Waals surface area contributed by atoms with Crippen molar-refractivity contribution in [1.82, 2.24) is 0 Å². The summed E-state index contributed by atoms with van der Waals surface area (Å²) in [6.07, 6.45) is 7.71. The third-order valence-corrected chi connectivity index (χ3v) is 4.44. The van der Waals surface area contributed by atoms with Crippen molar-refractivity contribution in [2.45, 2.75) is 32.1 Å². The highest BCUT2D eigenvalue weighted by molar-refractivity contribution is 14.1. The number of halogens is 2. The predicted molar refractivity (Wildman–Crippen MR) is 82.4 cm³/mol. The van der Waals surface area contributed by atoms with E-state index in [9.17, 15) is 4.79 Å². The van der Waals surface area contributed by atoms with Gasteiger partial charge in [0.1, 0.15) is 0 Å². The molecule has 0 amide bonds. The molecule has 3 heteroatoms. The molecule has 0 heterocycles. The van der Waals surface area contributed by atoms with Gasteiger partial charge in [0.2, 0.25) is 0 Å². The van der Waals surface area contributed by atoms with Gasteiger partial charge in [0.15, 0.2) is 5.78 Å². The van der Waals surface area contributed by atoms with Gasteiger partial charge < -0.3 is 0 Å². The summed E-state index contributed by atoms with van der Waals surface area (Å²) in [4.78, 5) is 12.4. The van der Waals surface area contributed by atoms with E-state index in [2.05, 4.69) is 44.6 Å². The van der Waals surface area contributed by atoms with Gasteiger partial charge in [-0.3, -0.25) is 4.79 Å². The van der Waals surface area contributed by atoms with Crippen LogP contribution in [0.4, 0.5) is 0 Å². The number of rotatable bonds is 2. The fraction of sp³-hybridized carbons (Fsp3) is 0.357. The molecule has 1 aromatic rings. The van der Waals surface area contributed by atoms with E-state index >= 15 is 0 Å². The van der Waals surface area contributed by atoms with Gasteiger partial charge in [0, 0.05) is 13.6 Å². The summed E-state index contributed by atoms with van der Waals surface area (Å²) >= 11 is 5.66. The van der Waals surface area contributed by atoms with Crippen molar-refractivity contribution >= 4 is 44.3 Å². The van der Waals surface area contributed by atoms with Gasteiger partial charge in [-0.25, -0.2) is 0 Å². The third-order valence-electron chi connectivity index (χ3n) is 3.01. The Morgan fingerprint density at radius 2 is 2.06 bits per heavy atom. The van der Waals surface area contributed by atoms with Crippen LogP contribution < -0.4 is 0 Å². The molecule has 0 spiro atoms. The number of allylic oxidation sites excluding steroid dienone is 2. The van der Waals surface area contributed by atoms with Crippen LogP contribution >= 0.6 is 38.5 Å². The highest BCUT2D eigenvalue weighted by atomic mass is 127. The minimum atomic E-state index is 0.206. The van der Waals surface area contributed by atoms with Crippen LogP contribution in [0.2, 0.25) is 0 Å². The fourth-order valence-electron chi connectivity index (χ4n) is 2.07. The molecule has 0 radical (unpaired) electrons. The molecular weight excluding hydrogens is 391 g/mol. The van der Waals surface area contributed by atoms with Crippen LogP contribution in [0, 0.1) is 3.57 Å². The van der Waals surface area contributed by atoms with Gasteiger partial charge >= 0.3 is 0 Å². The molecule has 1 aliphatic carbocycles. The Bertz CT molecular complexity index is 465. The van der Waals surface area contributed by atoms with Crippen molar-refractivity contribution < 1.29 is 4.79 Å². The fourth-order valence-corrected chi connectivity index (χ4v) is 3.01. The first-order valence-electron chi connectivity index (χ1n) is 5.87. The summed E-state index contributed by atoms with van der Waals surface area (Å²) < 4.78 is 2.00. The lowest BCUT2D eigenvalue weighted by molar-refractivity contribution is 0.102. The predicted octanol–water partition coefficient (Wildman–Crippen LogP) is 5.13. The number of hydrogen-bond acceptors (Lipinski definition) is 1. The molecule has 0 aliphatic heterocycles. The van der Waals surface area contributed by atoms with Crippen molar-refractivity contribution in [3.8, 4) is 0 Å². The van der Waals surface area contributed by atoms with Crippen LogP contribution in [0.5, 0.6) is 0 Å². The maximum absolute atomic E-state index is 12.4. The van der Waals surface area contributed by atoms with Crippen LogP contribution in [0.3, 0.4) is 0 Å². The van der Waals surface area contributed by atoms with E-state index in [1.165, 1.54) is 12.8 Å². The van der Waals surface area contributed by atoms with Crippen molar-refractivity contribution in [2.24, 2.45) is 0 Å². The molecule has 1 aliphatic rings. The monoisotopic (exact) mass is 404 g/mol. The molecule has 0 unspecified atom stereocenters. The summed E-state index contributed by atoms with van der Waals surface area (Å²) in [5.74, 6) is 0.206. The summed E-state index contributed by atoms with van der Waals surface area (Å²) in [5.41, 5.74) is 1.83. The van der Waals surface area contributed by atoms with Gasteiger partial charge in [0.05, 0.1) is 0 Å². The van der Waals surface area contributed by atoms with Gasteiger partial charge in [-0.1, -0.05) is 28.4 Å². The first-order chi connectivity index (χ1) is 8.18. The summed E-state index contributed by atoms with van der Waals surface area (Å²) in [7, 11) is 0. The number of benzene rings is 1. The quantitative estimate of drug-likeness (QED) is 0.493. The van der Waals surface area contributed by atoms with Gasteiger partial charge in [-0.15, -0.1) is 0 Å². The largest absolute Gasteiger partial charge is 0.289 e. The number of carbonyl (C=O) groups is 1. The second kappa shape index (κ2) is 6.14. The Morgan fingerprint density at radius 1 is 1.24 bits per heavy atom. The molecule has 0 saturated heterocycles. The van der Waals surface area contributed by atoms with Crippen molar-refractivity contribution in [3.63, 3.8) is 0 Å². The molecule has 2 rings (SSSR count). The van der Waals surface area contributed by atoms with Crippen molar-refractivity contribution in [1.29, 1.82) is 0 Å². The highest BCUT2D eigenvalue weighted by Gasteiger charge is 2.16. The molecule has 17 heavy (non-hydrogen) atoms. The average Bonchev–Trinajstić information content (AvgIpc) is 2.60. The van der Waals surface area contributed by atoms with Crippen LogP contribution in [0.25, 0.3) is 0 Å². The standard InChI is InChI=1S/C14H14BrIO/c15-11-7-8-13(16)12(9-11)14(17)10-5-3-1-2-4-6-10/h5,7-9H,1-4,6H2. The number of hydrogen-bond donors (Lipinski definition) is 0. The molecular formula is C14H14BrIO. The highest BCUT2D eigenvalue weighted by Crippen LogP contribution is 2.25. The maximum atomic E-state index is 12.4. The molecule has 0 atom stereocenters. The average molecular weight is 405 g/mol. The van der Waals surface area contributed by atoms with E-state index in [0.29, 0.717) is 0 Å². The number of carbonyl (C=O) groups excluding carboxylic acids is 1. The van der Waals surface area contributed by atoms with Crippen molar-refractivity contribution in [2.75, 3.05) is 0 Å². The van der Waals surface area contributed by atoms with Crippen LogP contribution in [-0.2, 0) is 0 Å². The Labute approximate surface area is 124 Å². The Kier molecular flexibility index (Phi) is 4.79. The molecule has 0 N–H and O–H groups in total. The Morgan fingerprint density at radius 3 is 2.88 bits per heavy atom. The molecule has 1 aromatic carbocycles. The van der Waals surface area contributed by atoms with E-state index in [0.717, 1.165) is 38.4 Å². The number of ketones is 1. The molecule has 1 nitrogen and oxygen atoms in total. The van der Waals surface area contributed by atoms with E-state index < -0.39 is 0 Å². The number of Topliss-reactive ketones (excluding diaryl/α,β-unsaturated/α-hetero) is 1. The van der Waals surface area contributed by atoms with E-state index in [-0.39, 0.29) is 5.78 Å². The SMILES string of the molecule is O=C(C1=CCCCCC1)c1cc(Br)ccc1I. The van der Waals surface area contributed by atoms with E-state index in [1.54, 1.807) is 0 Å². The van der Waals surface area contributed by atoms with Gasteiger partial charge in [-0.2, -0.15) is 0 Å². The first-order valence-corrected chi connectivity index (χ1v) is 7.74. The van der Waals surface area contributed by atoms with Gasteiger partial charge in [-0.05, 0) is 72.0 Å². The summed E-state index contributed by atoms with van der Waals surface area (Å²) in [6.45, 7) is 0. The third kappa shape index (κ3) is 3.41. The van der Waals surface area contributed by atoms with Crippen LogP contribution in [-0.4, -0.2) is 5.78 Å². The zero-order valence-corrected chi connectivity index (χ0v) is 13.3. The van der Waals surface area contributed by atoms with Gasteiger partial charge in [0.25, 0.3) is 0 Å². The lowest BCUT2D eigenvalue weighted by Crippen LogP contribution is -2.05. The smallest absolute Gasteiger partial charge is 0.189 e. The molecule has 90 valence electrons. The Balaban J connectivity index is 2.29. The van der Waals surface area contributed by atoms with Crippen molar-refractivity contribution in [3.05, 3.63) is 43.5 Å². The molecule has 0 aromatic heterocycles. The zero-order chi connectivity index (χ0) is 12.3. The topological polar surface area (TPSA) is 17.1 Å².